The first-order valence-corrected chi connectivity index (χ1v) is 7.46. The van der Waals surface area contributed by atoms with Gasteiger partial charge in [0.2, 0.25) is 0 Å². The Bertz CT molecular complexity index is 568. The molecule has 1 N–H and O–H groups in total. The minimum Gasteiger partial charge on any atom is -0.481 e. The zero-order valence-electron chi connectivity index (χ0n) is 12.5. The number of rotatable bonds is 3. The molecule has 134 valence electrons. The van der Waals surface area contributed by atoms with Crippen molar-refractivity contribution in [2.75, 3.05) is 0 Å². The van der Waals surface area contributed by atoms with E-state index in [-0.39, 0.29) is 5.56 Å². The van der Waals surface area contributed by atoms with E-state index < -0.39 is 35.2 Å². The van der Waals surface area contributed by atoms with Gasteiger partial charge in [-0.05, 0) is 24.0 Å². The zero-order chi connectivity index (χ0) is 18.2. The van der Waals surface area contributed by atoms with Crippen molar-refractivity contribution in [3.63, 3.8) is 0 Å². The van der Waals surface area contributed by atoms with Crippen LogP contribution >= 0.6 is 0 Å². The molecule has 1 aliphatic rings. The smallest absolute Gasteiger partial charge is 0.404 e. The van der Waals surface area contributed by atoms with Crippen molar-refractivity contribution in [3.05, 3.63) is 35.4 Å². The van der Waals surface area contributed by atoms with Crippen LogP contribution in [0.25, 0.3) is 0 Å². The summed E-state index contributed by atoms with van der Waals surface area (Å²) in [6.07, 6.45) is -8.11. The van der Waals surface area contributed by atoms with Gasteiger partial charge < -0.3 is 5.11 Å². The van der Waals surface area contributed by atoms with Crippen LogP contribution in [0, 0.1) is 0 Å². The van der Waals surface area contributed by atoms with Crippen molar-refractivity contribution < 1.29 is 36.2 Å². The Balaban J connectivity index is 2.40. The molecule has 1 aliphatic carbocycles. The molecule has 0 spiro atoms. The second-order valence-electron chi connectivity index (χ2n) is 6.09. The molecule has 1 saturated carbocycles. The third kappa shape index (κ3) is 3.52. The summed E-state index contributed by atoms with van der Waals surface area (Å²) < 4.78 is 76.5. The lowest BCUT2D eigenvalue weighted by molar-refractivity contribution is -0.253. The van der Waals surface area contributed by atoms with Gasteiger partial charge in [-0.2, -0.15) is 26.3 Å². The van der Waals surface area contributed by atoms with Gasteiger partial charge in [-0.1, -0.05) is 43.5 Å². The van der Waals surface area contributed by atoms with Crippen molar-refractivity contribution in [1.82, 2.24) is 0 Å². The quantitative estimate of drug-likeness (QED) is 0.760. The van der Waals surface area contributed by atoms with Crippen molar-refractivity contribution >= 4 is 5.97 Å². The predicted molar refractivity (Wildman–Crippen MR) is 73.7 cm³/mol. The van der Waals surface area contributed by atoms with E-state index in [9.17, 15) is 36.2 Å². The van der Waals surface area contributed by atoms with E-state index in [4.69, 9.17) is 0 Å². The minimum absolute atomic E-state index is 0.251. The molecule has 0 unspecified atom stereocenters. The normalized spacial score (nSPS) is 18.6. The second kappa shape index (κ2) is 6.29. The van der Waals surface area contributed by atoms with Gasteiger partial charge in [0.05, 0.1) is 5.41 Å². The minimum atomic E-state index is -5.46. The third-order valence-corrected chi connectivity index (χ3v) is 4.57. The van der Waals surface area contributed by atoms with Gasteiger partial charge in [0, 0.05) is 0 Å². The average Bonchev–Trinajstić information content (AvgIpc) is 2.45. The number of carboxylic acid groups (broad SMARTS) is 1. The van der Waals surface area contributed by atoms with E-state index in [0.29, 0.717) is 25.7 Å². The first-order valence-electron chi connectivity index (χ1n) is 7.46. The lowest BCUT2D eigenvalue weighted by atomic mass is 9.69. The van der Waals surface area contributed by atoms with Gasteiger partial charge in [0.15, 0.2) is 5.92 Å². The highest BCUT2D eigenvalue weighted by Crippen LogP contribution is 2.47. The van der Waals surface area contributed by atoms with E-state index in [1.807, 2.05) is 0 Å². The summed E-state index contributed by atoms with van der Waals surface area (Å²) in [5, 5.41) is 9.52. The first-order chi connectivity index (χ1) is 11.0. The Morgan fingerprint density at radius 3 is 1.75 bits per heavy atom. The molecule has 2 rings (SSSR count). The van der Waals surface area contributed by atoms with Crippen LogP contribution < -0.4 is 0 Å². The Labute approximate surface area is 134 Å². The third-order valence-electron chi connectivity index (χ3n) is 4.57. The Hall–Kier alpha value is -1.73. The zero-order valence-corrected chi connectivity index (χ0v) is 12.5. The highest BCUT2D eigenvalue weighted by Gasteiger charge is 2.57. The van der Waals surface area contributed by atoms with Crippen molar-refractivity contribution in [2.24, 2.45) is 0 Å². The number of halogens is 6. The molecule has 0 atom stereocenters. The lowest BCUT2D eigenvalue weighted by Gasteiger charge is -2.34. The summed E-state index contributed by atoms with van der Waals surface area (Å²) in [4.78, 5) is 11.7. The number of aliphatic carboxylic acids is 1. The fourth-order valence-corrected chi connectivity index (χ4v) is 3.34. The van der Waals surface area contributed by atoms with Crippen molar-refractivity contribution in [3.8, 4) is 0 Å². The highest BCUT2D eigenvalue weighted by atomic mass is 19.4. The lowest BCUT2D eigenvalue weighted by Crippen LogP contribution is -2.38. The molecule has 1 aromatic carbocycles. The van der Waals surface area contributed by atoms with Gasteiger partial charge in [-0.25, -0.2) is 0 Å². The number of alkyl halides is 6. The summed E-state index contributed by atoms with van der Waals surface area (Å²) in [5.74, 6) is -4.68. The molecule has 0 radical (unpaired) electrons. The summed E-state index contributed by atoms with van der Waals surface area (Å²) in [6, 6.07) is 3.64. The molecule has 0 bridgehead atoms. The Kier molecular flexibility index (Phi) is 4.88. The molecule has 24 heavy (non-hydrogen) atoms. The summed E-state index contributed by atoms with van der Waals surface area (Å²) in [7, 11) is 0. The fraction of sp³-hybridized carbons (Fsp3) is 0.562. The van der Waals surface area contributed by atoms with E-state index in [1.54, 1.807) is 0 Å². The van der Waals surface area contributed by atoms with Crippen LogP contribution in [0.15, 0.2) is 24.3 Å². The van der Waals surface area contributed by atoms with Crippen LogP contribution in [0.1, 0.15) is 49.1 Å². The topological polar surface area (TPSA) is 37.3 Å². The molecule has 0 heterocycles. The van der Waals surface area contributed by atoms with Crippen LogP contribution in [-0.2, 0) is 10.2 Å². The number of hydrogen-bond acceptors (Lipinski definition) is 1. The van der Waals surface area contributed by atoms with Crippen LogP contribution in [0.3, 0.4) is 0 Å². The van der Waals surface area contributed by atoms with Gasteiger partial charge in [-0.15, -0.1) is 0 Å². The molecular weight excluding hydrogens is 338 g/mol. The number of benzene rings is 1. The molecule has 0 saturated heterocycles. The maximum absolute atomic E-state index is 12.7. The van der Waals surface area contributed by atoms with E-state index in [0.717, 1.165) is 30.7 Å². The molecule has 1 aromatic rings. The maximum Gasteiger partial charge on any atom is 0.404 e. The molecule has 1 fully saturated rings. The standard InChI is InChI=1S/C16H16F6O2/c17-15(18,19)12(16(20,21)22)10-4-6-11(7-5-10)14(13(23)24)8-2-1-3-9-14/h4-7,12H,1-3,8-9H2,(H,23,24). The molecule has 2 nitrogen and oxygen atoms in total. The Morgan fingerprint density at radius 1 is 0.917 bits per heavy atom. The molecule has 0 aromatic heterocycles. The van der Waals surface area contributed by atoms with Crippen LogP contribution in [0.5, 0.6) is 0 Å². The molecule has 8 heteroatoms. The summed E-state index contributed by atoms with van der Waals surface area (Å²) in [6.45, 7) is 0. The van der Waals surface area contributed by atoms with Crippen LogP contribution in [0.2, 0.25) is 0 Å². The largest absolute Gasteiger partial charge is 0.481 e. The van der Waals surface area contributed by atoms with E-state index in [2.05, 4.69) is 0 Å². The summed E-state index contributed by atoms with van der Waals surface area (Å²) >= 11 is 0. The van der Waals surface area contributed by atoms with Gasteiger partial charge >= 0.3 is 18.3 Å². The SMILES string of the molecule is O=C(O)C1(c2ccc(C(C(F)(F)F)C(F)(F)F)cc2)CCCCC1. The van der Waals surface area contributed by atoms with Gasteiger partial charge in [0.1, 0.15) is 0 Å². The number of carboxylic acids is 1. The molecule has 0 aliphatic heterocycles. The van der Waals surface area contributed by atoms with E-state index in [1.165, 1.54) is 0 Å². The fourth-order valence-electron chi connectivity index (χ4n) is 3.34. The first kappa shape index (κ1) is 18.6. The molecule has 0 amide bonds. The van der Waals surface area contributed by atoms with Crippen molar-refractivity contribution in [1.29, 1.82) is 0 Å². The van der Waals surface area contributed by atoms with Gasteiger partial charge in [-0.3, -0.25) is 4.79 Å². The monoisotopic (exact) mass is 354 g/mol. The average molecular weight is 354 g/mol. The highest BCUT2D eigenvalue weighted by molar-refractivity contribution is 5.81. The Morgan fingerprint density at radius 2 is 1.38 bits per heavy atom. The summed E-state index contributed by atoms with van der Waals surface area (Å²) in [5.41, 5.74) is -1.92. The maximum atomic E-state index is 12.7. The number of carbonyl (C=O) groups is 1. The van der Waals surface area contributed by atoms with Crippen LogP contribution in [0.4, 0.5) is 26.3 Å². The predicted octanol–water partition coefficient (Wildman–Crippen LogP) is 5.18. The van der Waals surface area contributed by atoms with Crippen molar-refractivity contribution in [2.45, 2.75) is 55.8 Å². The number of hydrogen-bond donors (Lipinski definition) is 1. The second-order valence-corrected chi connectivity index (χ2v) is 6.09. The van der Waals surface area contributed by atoms with Crippen LogP contribution in [-0.4, -0.2) is 23.4 Å². The van der Waals surface area contributed by atoms with E-state index >= 15 is 0 Å². The van der Waals surface area contributed by atoms with Gasteiger partial charge in [0.25, 0.3) is 0 Å². The molecular formula is C16H16F6O2.